The molecule has 110 valence electrons. The molecule has 0 amide bonds. The van der Waals surface area contributed by atoms with Crippen LogP contribution in [-0.2, 0) is 6.54 Å². The van der Waals surface area contributed by atoms with Crippen molar-refractivity contribution in [2.24, 2.45) is 0 Å². The highest BCUT2D eigenvalue weighted by molar-refractivity contribution is 5.33. The molecule has 0 aliphatic carbocycles. The molecule has 0 fully saturated rings. The predicted molar refractivity (Wildman–Crippen MR) is 84.9 cm³/mol. The smallest absolute Gasteiger partial charge is 0.148 e. The van der Waals surface area contributed by atoms with E-state index in [0.717, 1.165) is 37.5 Å². The van der Waals surface area contributed by atoms with E-state index in [1.54, 1.807) is 0 Å². The van der Waals surface area contributed by atoms with Crippen molar-refractivity contribution in [3.63, 3.8) is 0 Å². The van der Waals surface area contributed by atoms with E-state index in [0.29, 0.717) is 12.6 Å². The maximum Gasteiger partial charge on any atom is 0.148 e. The lowest BCUT2D eigenvalue weighted by Gasteiger charge is -2.26. The number of rotatable bonds is 9. The van der Waals surface area contributed by atoms with Crippen molar-refractivity contribution in [2.45, 2.75) is 33.4 Å². The molecular formula is C17H26N2O. The third-order valence-corrected chi connectivity index (χ3v) is 3.47. The van der Waals surface area contributed by atoms with Crippen molar-refractivity contribution in [3.8, 4) is 18.1 Å². The maximum absolute atomic E-state index is 5.55. The summed E-state index contributed by atoms with van der Waals surface area (Å²) >= 11 is 0. The van der Waals surface area contributed by atoms with Crippen molar-refractivity contribution >= 4 is 0 Å². The molecule has 1 rings (SSSR count). The number of terminal acetylenes is 1. The number of ether oxygens (including phenoxy) is 1. The lowest BCUT2D eigenvalue weighted by atomic mass is 10.2. The summed E-state index contributed by atoms with van der Waals surface area (Å²) in [4.78, 5) is 2.44. The van der Waals surface area contributed by atoms with Crippen LogP contribution in [0.15, 0.2) is 24.3 Å². The fraction of sp³-hybridized carbons (Fsp3) is 0.529. The fourth-order valence-electron chi connectivity index (χ4n) is 2.30. The summed E-state index contributed by atoms with van der Waals surface area (Å²) in [6.07, 6.45) is 5.23. The third-order valence-electron chi connectivity index (χ3n) is 3.47. The van der Waals surface area contributed by atoms with Gasteiger partial charge in [-0.25, -0.2) is 0 Å². The minimum atomic E-state index is 0.312. The van der Waals surface area contributed by atoms with Gasteiger partial charge in [-0.3, -0.25) is 4.90 Å². The summed E-state index contributed by atoms with van der Waals surface area (Å²) in [5, 5.41) is 3.49. The predicted octanol–water partition coefficient (Wildman–Crippen LogP) is 2.52. The number of nitrogens with one attached hydrogen (secondary N) is 1. The van der Waals surface area contributed by atoms with Gasteiger partial charge in [0, 0.05) is 24.7 Å². The summed E-state index contributed by atoms with van der Waals surface area (Å²) in [5.74, 6) is 3.37. The Kier molecular flexibility index (Phi) is 7.79. The number of para-hydroxylation sites is 1. The highest BCUT2D eigenvalue weighted by Gasteiger charge is 2.09. The maximum atomic E-state index is 5.55. The summed E-state index contributed by atoms with van der Waals surface area (Å²) < 4.78 is 5.55. The van der Waals surface area contributed by atoms with Gasteiger partial charge in [0.2, 0.25) is 0 Å². The van der Waals surface area contributed by atoms with Crippen molar-refractivity contribution in [2.75, 3.05) is 26.2 Å². The van der Waals surface area contributed by atoms with Gasteiger partial charge in [-0.15, -0.1) is 6.42 Å². The molecule has 3 nitrogen and oxygen atoms in total. The molecule has 1 aromatic carbocycles. The molecule has 1 atom stereocenters. The van der Waals surface area contributed by atoms with Crippen molar-refractivity contribution < 1.29 is 4.74 Å². The van der Waals surface area contributed by atoms with Crippen LogP contribution >= 0.6 is 0 Å². The average Bonchev–Trinajstić information content (AvgIpc) is 2.47. The zero-order chi connectivity index (χ0) is 14.8. The van der Waals surface area contributed by atoms with E-state index in [4.69, 9.17) is 11.2 Å². The first-order valence-corrected chi connectivity index (χ1v) is 7.31. The number of nitrogens with zero attached hydrogens (tertiary/aromatic N) is 1. The van der Waals surface area contributed by atoms with E-state index in [9.17, 15) is 0 Å². The van der Waals surface area contributed by atoms with Gasteiger partial charge >= 0.3 is 0 Å². The second kappa shape index (κ2) is 9.41. The van der Waals surface area contributed by atoms with Crippen LogP contribution in [0.2, 0.25) is 0 Å². The molecule has 0 saturated carbocycles. The summed E-state index contributed by atoms with van der Waals surface area (Å²) in [6.45, 7) is 10.9. The van der Waals surface area contributed by atoms with Gasteiger partial charge in [-0.1, -0.05) is 38.0 Å². The Balaban J connectivity index is 2.47. The van der Waals surface area contributed by atoms with E-state index in [2.05, 4.69) is 43.0 Å². The Labute approximate surface area is 123 Å². The molecule has 0 spiro atoms. The van der Waals surface area contributed by atoms with Gasteiger partial charge in [0.15, 0.2) is 0 Å². The quantitative estimate of drug-likeness (QED) is 0.700. The van der Waals surface area contributed by atoms with E-state index < -0.39 is 0 Å². The molecule has 20 heavy (non-hydrogen) atoms. The van der Waals surface area contributed by atoms with Crippen LogP contribution in [0.1, 0.15) is 26.3 Å². The topological polar surface area (TPSA) is 24.5 Å². The van der Waals surface area contributed by atoms with E-state index in [-0.39, 0.29) is 0 Å². The number of hydrogen-bond acceptors (Lipinski definition) is 3. The highest BCUT2D eigenvalue weighted by Crippen LogP contribution is 2.17. The van der Waals surface area contributed by atoms with Gasteiger partial charge in [0.05, 0.1) is 0 Å². The molecule has 0 saturated heterocycles. The second-order valence-corrected chi connectivity index (χ2v) is 4.80. The zero-order valence-electron chi connectivity index (χ0n) is 12.9. The van der Waals surface area contributed by atoms with E-state index >= 15 is 0 Å². The zero-order valence-corrected chi connectivity index (χ0v) is 12.9. The number of hydrogen-bond donors (Lipinski definition) is 1. The average molecular weight is 274 g/mol. The van der Waals surface area contributed by atoms with Gasteiger partial charge in [-0.05, 0) is 26.1 Å². The number of benzene rings is 1. The molecule has 0 aromatic heterocycles. The van der Waals surface area contributed by atoms with Crippen LogP contribution in [-0.4, -0.2) is 37.2 Å². The molecular weight excluding hydrogens is 248 g/mol. The first-order valence-electron chi connectivity index (χ1n) is 7.31. The molecule has 3 heteroatoms. The van der Waals surface area contributed by atoms with Gasteiger partial charge in [0.1, 0.15) is 12.4 Å². The largest absolute Gasteiger partial charge is 0.481 e. The standard InChI is InChI=1S/C17H26N2O/c1-5-12-20-17-11-9-8-10-16(17)14-18-13-15(4)19(6-2)7-3/h1,8-11,15,18H,6-7,12-14H2,2-4H3. The Morgan fingerprint density at radius 2 is 2.00 bits per heavy atom. The molecule has 0 bridgehead atoms. The van der Waals surface area contributed by atoms with Crippen molar-refractivity contribution in [1.82, 2.24) is 10.2 Å². The van der Waals surface area contributed by atoms with Crippen molar-refractivity contribution in [1.29, 1.82) is 0 Å². The van der Waals surface area contributed by atoms with Crippen LogP contribution < -0.4 is 10.1 Å². The van der Waals surface area contributed by atoms with Gasteiger partial charge < -0.3 is 10.1 Å². The Hall–Kier alpha value is -1.50. The lowest BCUT2D eigenvalue weighted by Crippen LogP contribution is -2.40. The molecule has 0 radical (unpaired) electrons. The van der Waals surface area contributed by atoms with Crippen LogP contribution in [0.3, 0.4) is 0 Å². The third kappa shape index (κ3) is 5.24. The van der Waals surface area contributed by atoms with Gasteiger partial charge in [-0.2, -0.15) is 0 Å². The Morgan fingerprint density at radius 1 is 1.30 bits per heavy atom. The monoisotopic (exact) mass is 274 g/mol. The first-order chi connectivity index (χ1) is 9.72. The number of likely N-dealkylation sites (N-methyl/N-ethyl adjacent to an activating group) is 1. The van der Waals surface area contributed by atoms with Crippen molar-refractivity contribution in [3.05, 3.63) is 29.8 Å². The summed E-state index contributed by atoms with van der Waals surface area (Å²) in [5.41, 5.74) is 1.15. The van der Waals surface area contributed by atoms with Crippen LogP contribution in [0.4, 0.5) is 0 Å². The molecule has 0 heterocycles. The SMILES string of the molecule is C#CCOc1ccccc1CNCC(C)N(CC)CC. The molecule has 0 aliphatic heterocycles. The molecule has 1 aromatic rings. The normalized spacial score (nSPS) is 12.2. The minimum Gasteiger partial charge on any atom is -0.481 e. The van der Waals surface area contributed by atoms with Gasteiger partial charge in [0.25, 0.3) is 0 Å². The molecule has 1 unspecified atom stereocenters. The Morgan fingerprint density at radius 3 is 2.65 bits per heavy atom. The fourth-order valence-corrected chi connectivity index (χ4v) is 2.30. The van der Waals surface area contributed by atoms with Crippen LogP contribution in [0, 0.1) is 12.3 Å². The first kappa shape index (κ1) is 16.6. The second-order valence-electron chi connectivity index (χ2n) is 4.80. The van der Waals surface area contributed by atoms with E-state index in [1.807, 2.05) is 18.2 Å². The molecule has 1 N–H and O–H groups in total. The van der Waals surface area contributed by atoms with Crippen LogP contribution in [0.5, 0.6) is 5.75 Å². The minimum absolute atomic E-state index is 0.312. The summed E-state index contributed by atoms with van der Waals surface area (Å²) in [7, 11) is 0. The Bertz CT molecular complexity index is 421. The van der Waals surface area contributed by atoms with E-state index in [1.165, 1.54) is 0 Å². The molecule has 0 aliphatic rings. The highest BCUT2D eigenvalue weighted by atomic mass is 16.5. The lowest BCUT2D eigenvalue weighted by molar-refractivity contribution is 0.225. The summed E-state index contributed by atoms with van der Waals surface area (Å²) in [6, 6.07) is 8.55. The van der Waals surface area contributed by atoms with Crippen LogP contribution in [0.25, 0.3) is 0 Å².